The molecule has 4 heteroatoms. The lowest BCUT2D eigenvalue weighted by Gasteiger charge is -2.36. The summed E-state index contributed by atoms with van der Waals surface area (Å²) in [5.41, 5.74) is 5.77. The first-order chi connectivity index (χ1) is 13.7. The largest absolute Gasteiger partial charge is 0.290 e. The molecule has 0 saturated heterocycles. The fourth-order valence-electron chi connectivity index (χ4n) is 4.94. The third-order valence-corrected chi connectivity index (χ3v) is 7.45. The van der Waals surface area contributed by atoms with Crippen LogP contribution in [-0.4, -0.2) is 9.55 Å². The number of hydrogen-bond acceptors (Lipinski definition) is 3. The predicted molar refractivity (Wildman–Crippen MR) is 115 cm³/mol. The van der Waals surface area contributed by atoms with Crippen molar-refractivity contribution in [2.24, 2.45) is 7.05 Å². The van der Waals surface area contributed by atoms with Crippen LogP contribution in [0.25, 0.3) is 11.3 Å². The molecule has 0 atom stereocenters. The summed E-state index contributed by atoms with van der Waals surface area (Å²) in [7, 11) is 1.88. The molecule has 2 aromatic carbocycles. The molecule has 0 N–H and O–H groups in total. The summed E-state index contributed by atoms with van der Waals surface area (Å²) in [5.74, 6) is 0.812. The van der Waals surface area contributed by atoms with Crippen LogP contribution in [-0.2, 0) is 24.6 Å². The molecule has 3 nitrogen and oxygen atoms in total. The molecule has 1 spiro atoms. The molecule has 2 aliphatic carbocycles. The van der Waals surface area contributed by atoms with Crippen molar-refractivity contribution >= 4 is 11.8 Å². The van der Waals surface area contributed by atoms with E-state index in [0.29, 0.717) is 0 Å². The number of thioether (sulfide) groups is 1. The maximum Gasteiger partial charge on any atom is 0.258 e. The van der Waals surface area contributed by atoms with Crippen LogP contribution in [0.4, 0.5) is 0 Å². The maximum absolute atomic E-state index is 13.5. The highest BCUT2D eigenvalue weighted by Gasteiger charge is 2.44. The number of fused-ring (bicyclic) bond motifs is 4. The van der Waals surface area contributed by atoms with Crippen LogP contribution < -0.4 is 5.56 Å². The van der Waals surface area contributed by atoms with Gasteiger partial charge in [-0.25, -0.2) is 4.98 Å². The van der Waals surface area contributed by atoms with E-state index >= 15 is 0 Å². The molecule has 28 heavy (non-hydrogen) atoms. The number of benzene rings is 2. The zero-order valence-corrected chi connectivity index (χ0v) is 17.0. The minimum Gasteiger partial charge on any atom is -0.290 e. The maximum atomic E-state index is 13.5. The van der Waals surface area contributed by atoms with Crippen LogP contribution >= 0.6 is 11.8 Å². The Morgan fingerprint density at radius 1 is 1.04 bits per heavy atom. The molecule has 0 amide bonds. The van der Waals surface area contributed by atoms with E-state index in [1.165, 1.54) is 24.0 Å². The molecule has 1 aromatic heterocycles. The van der Waals surface area contributed by atoms with Crippen molar-refractivity contribution in [2.45, 2.75) is 48.4 Å². The summed E-state index contributed by atoms with van der Waals surface area (Å²) in [6, 6.07) is 18.9. The number of nitrogens with zero attached hydrogens (tertiary/aromatic N) is 2. The van der Waals surface area contributed by atoms with Crippen molar-refractivity contribution in [3.63, 3.8) is 0 Å². The van der Waals surface area contributed by atoms with E-state index in [1.807, 2.05) is 13.1 Å². The number of hydrogen-bond donors (Lipinski definition) is 0. The number of aromatic nitrogens is 2. The molecule has 1 heterocycles. The standard InChI is InChI=1S/C24H24N2OS/c1-26-22(27)20-21(25-23(26)28-16-17-9-3-2-4-10-17)19-12-6-5-11-18(19)15-24(20)13-7-8-14-24/h2-6,9-12H,7-8,13-16H2,1H3. The second-order valence-electron chi connectivity index (χ2n) is 8.08. The molecule has 3 aromatic rings. The first kappa shape index (κ1) is 17.7. The molecular formula is C24H24N2OS. The fraction of sp³-hybridized carbons (Fsp3) is 0.333. The first-order valence-electron chi connectivity index (χ1n) is 10.0. The molecule has 5 rings (SSSR count). The summed E-state index contributed by atoms with van der Waals surface area (Å²) in [5, 5.41) is 0.803. The molecule has 0 bridgehead atoms. The van der Waals surface area contributed by atoms with Gasteiger partial charge in [-0.1, -0.05) is 79.2 Å². The summed E-state index contributed by atoms with van der Waals surface area (Å²) in [6.45, 7) is 0. The SMILES string of the molecule is Cn1c(SCc2ccccc2)nc2c(c1=O)C1(CCCC1)Cc1ccccc1-2. The Morgan fingerprint density at radius 2 is 1.75 bits per heavy atom. The van der Waals surface area contributed by atoms with Gasteiger partial charge in [0.15, 0.2) is 5.16 Å². The van der Waals surface area contributed by atoms with Crippen molar-refractivity contribution in [1.29, 1.82) is 0 Å². The summed E-state index contributed by atoms with van der Waals surface area (Å²) < 4.78 is 1.78. The van der Waals surface area contributed by atoms with E-state index in [1.54, 1.807) is 16.3 Å². The zero-order valence-electron chi connectivity index (χ0n) is 16.1. The lowest BCUT2D eigenvalue weighted by Crippen LogP contribution is -2.39. The van der Waals surface area contributed by atoms with Crippen molar-refractivity contribution < 1.29 is 0 Å². The minimum absolute atomic E-state index is 0.0197. The van der Waals surface area contributed by atoms with Gasteiger partial charge >= 0.3 is 0 Å². The zero-order chi connectivity index (χ0) is 19.1. The lowest BCUT2D eigenvalue weighted by atomic mass is 9.68. The normalized spacial score (nSPS) is 16.8. The predicted octanol–water partition coefficient (Wildman–Crippen LogP) is 5.11. The molecule has 0 aliphatic heterocycles. The first-order valence-corrected chi connectivity index (χ1v) is 11.0. The van der Waals surface area contributed by atoms with Gasteiger partial charge in [-0.15, -0.1) is 0 Å². The van der Waals surface area contributed by atoms with E-state index in [2.05, 4.69) is 48.5 Å². The Kier molecular flexibility index (Phi) is 4.39. The summed E-state index contributed by atoms with van der Waals surface area (Å²) in [4.78, 5) is 18.6. The second kappa shape index (κ2) is 6.93. The molecule has 0 unspecified atom stereocenters. The highest BCUT2D eigenvalue weighted by Crippen LogP contribution is 2.49. The smallest absolute Gasteiger partial charge is 0.258 e. The summed E-state index contributed by atoms with van der Waals surface area (Å²) >= 11 is 1.64. The van der Waals surface area contributed by atoms with Gasteiger partial charge in [0.2, 0.25) is 0 Å². The fourth-order valence-corrected chi connectivity index (χ4v) is 5.86. The van der Waals surface area contributed by atoms with Crippen molar-refractivity contribution in [1.82, 2.24) is 9.55 Å². The monoisotopic (exact) mass is 388 g/mol. The Labute approximate surface area is 169 Å². The van der Waals surface area contributed by atoms with E-state index in [4.69, 9.17) is 4.98 Å². The van der Waals surface area contributed by atoms with Gasteiger partial charge in [0.25, 0.3) is 5.56 Å². The molecule has 1 fully saturated rings. The number of rotatable bonds is 3. The average Bonchev–Trinajstić information content (AvgIpc) is 3.18. The van der Waals surface area contributed by atoms with E-state index in [-0.39, 0.29) is 11.0 Å². The van der Waals surface area contributed by atoms with Crippen molar-refractivity contribution in [2.75, 3.05) is 0 Å². The van der Waals surface area contributed by atoms with E-state index in [9.17, 15) is 4.79 Å². The third-order valence-electron chi connectivity index (χ3n) is 6.35. The van der Waals surface area contributed by atoms with Crippen LogP contribution in [0.5, 0.6) is 0 Å². The highest BCUT2D eigenvalue weighted by molar-refractivity contribution is 7.98. The van der Waals surface area contributed by atoms with Gasteiger partial charge in [-0.3, -0.25) is 9.36 Å². The third kappa shape index (κ3) is 2.82. The lowest BCUT2D eigenvalue weighted by molar-refractivity contribution is 0.419. The van der Waals surface area contributed by atoms with Gasteiger partial charge in [-0.2, -0.15) is 0 Å². The average molecular weight is 389 g/mol. The van der Waals surface area contributed by atoms with Crippen LogP contribution in [0.3, 0.4) is 0 Å². The van der Waals surface area contributed by atoms with Gasteiger partial charge < -0.3 is 0 Å². The van der Waals surface area contributed by atoms with Crippen LogP contribution in [0, 0.1) is 0 Å². The second-order valence-corrected chi connectivity index (χ2v) is 9.02. The Bertz CT molecular complexity index is 1080. The molecule has 1 saturated carbocycles. The Hall–Kier alpha value is -2.33. The Morgan fingerprint density at radius 3 is 2.54 bits per heavy atom. The summed E-state index contributed by atoms with van der Waals surface area (Å²) in [6.07, 6.45) is 5.58. The van der Waals surface area contributed by atoms with Gasteiger partial charge in [-0.05, 0) is 30.4 Å². The molecule has 0 radical (unpaired) electrons. The van der Waals surface area contributed by atoms with Crippen LogP contribution in [0.1, 0.15) is 42.4 Å². The van der Waals surface area contributed by atoms with Crippen LogP contribution in [0.15, 0.2) is 64.5 Å². The minimum atomic E-state index is -0.0197. The van der Waals surface area contributed by atoms with Crippen molar-refractivity contribution in [3.05, 3.63) is 81.6 Å². The van der Waals surface area contributed by atoms with Gasteiger partial charge in [0, 0.05) is 23.8 Å². The molecule has 2 aliphatic rings. The Balaban J connectivity index is 1.64. The van der Waals surface area contributed by atoms with Crippen LogP contribution in [0.2, 0.25) is 0 Å². The topological polar surface area (TPSA) is 34.9 Å². The van der Waals surface area contributed by atoms with Gasteiger partial charge in [0.05, 0.1) is 11.3 Å². The van der Waals surface area contributed by atoms with Crippen molar-refractivity contribution in [3.8, 4) is 11.3 Å². The molecular weight excluding hydrogens is 364 g/mol. The quantitative estimate of drug-likeness (QED) is 0.462. The van der Waals surface area contributed by atoms with E-state index in [0.717, 1.165) is 47.0 Å². The highest BCUT2D eigenvalue weighted by atomic mass is 32.2. The van der Waals surface area contributed by atoms with Gasteiger partial charge in [0.1, 0.15) is 0 Å². The van der Waals surface area contributed by atoms with E-state index < -0.39 is 0 Å². The molecule has 142 valence electrons.